The van der Waals surface area contributed by atoms with Crippen molar-refractivity contribution in [2.24, 2.45) is 0 Å². The molecule has 2 aromatic rings. The van der Waals surface area contributed by atoms with E-state index in [1.165, 1.54) is 34.6 Å². The zero-order valence-corrected chi connectivity index (χ0v) is 17.6. The Kier molecular flexibility index (Phi) is 6.79. The fourth-order valence-corrected chi connectivity index (χ4v) is 4.98. The third-order valence-corrected chi connectivity index (χ3v) is 6.76. The van der Waals surface area contributed by atoms with E-state index < -0.39 is 21.8 Å². The Morgan fingerprint density at radius 1 is 0.931 bits per heavy atom. The van der Waals surface area contributed by atoms with Crippen LogP contribution in [0.5, 0.6) is 0 Å². The standard InChI is InChI=1S/C19H19Cl2N3O4S/c20-14-9-15(21)11-16(10-14)23-19(26)18(25)22-12-13-3-5-17(6-4-13)29(27,28)24-7-1-2-8-24/h3-6,9-11H,1-2,7-8,12H2,(H,22,25)(H,23,26). The minimum atomic E-state index is -3.48. The molecule has 0 saturated carbocycles. The number of nitrogens with one attached hydrogen (secondary N) is 2. The highest BCUT2D eigenvalue weighted by atomic mass is 35.5. The lowest BCUT2D eigenvalue weighted by atomic mass is 10.2. The molecule has 0 spiro atoms. The molecule has 1 heterocycles. The maximum atomic E-state index is 12.5. The second-order valence-corrected chi connectivity index (χ2v) is 9.36. The van der Waals surface area contributed by atoms with Gasteiger partial charge in [0.25, 0.3) is 0 Å². The van der Waals surface area contributed by atoms with Crippen LogP contribution in [0, 0.1) is 0 Å². The largest absolute Gasteiger partial charge is 0.344 e. The second kappa shape index (κ2) is 9.13. The molecule has 10 heteroatoms. The molecule has 2 N–H and O–H groups in total. The first-order chi connectivity index (χ1) is 13.8. The number of carbonyl (C=O) groups is 2. The normalized spacial score (nSPS) is 14.6. The van der Waals surface area contributed by atoms with E-state index in [4.69, 9.17) is 23.2 Å². The summed E-state index contributed by atoms with van der Waals surface area (Å²) in [7, 11) is -3.48. The van der Waals surface area contributed by atoms with Gasteiger partial charge in [0.15, 0.2) is 0 Å². The van der Waals surface area contributed by atoms with Crippen LogP contribution >= 0.6 is 23.2 Å². The summed E-state index contributed by atoms with van der Waals surface area (Å²) in [6, 6.07) is 10.7. The molecule has 0 radical (unpaired) electrons. The highest BCUT2D eigenvalue weighted by Gasteiger charge is 2.26. The molecule has 2 amide bonds. The van der Waals surface area contributed by atoms with Crippen molar-refractivity contribution in [3.05, 3.63) is 58.1 Å². The van der Waals surface area contributed by atoms with Gasteiger partial charge in [0, 0.05) is 35.4 Å². The maximum Gasteiger partial charge on any atom is 0.313 e. The summed E-state index contributed by atoms with van der Waals surface area (Å²) in [6.45, 7) is 1.15. The summed E-state index contributed by atoms with van der Waals surface area (Å²) in [4.78, 5) is 24.2. The van der Waals surface area contributed by atoms with Gasteiger partial charge in [-0.2, -0.15) is 4.31 Å². The van der Waals surface area contributed by atoms with E-state index in [2.05, 4.69) is 10.6 Å². The Bertz CT molecular complexity index is 1000. The van der Waals surface area contributed by atoms with Gasteiger partial charge < -0.3 is 10.6 Å². The van der Waals surface area contributed by atoms with Crippen molar-refractivity contribution in [3.8, 4) is 0 Å². The van der Waals surface area contributed by atoms with Gasteiger partial charge in [-0.1, -0.05) is 35.3 Å². The van der Waals surface area contributed by atoms with Crippen molar-refractivity contribution in [1.82, 2.24) is 9.62 Å². The molecule has 7 nitrogen and oxygen atoms in total. The Morgan fingerprint density at radius 2 is 1.52 bits per heavy atom. The number of halogens is 2. The molecule has 1 saturated heterocycles. The van der Waals surface area contributed by atoms with Crippen LogP contribution in [0.3, 0.4) is 0 Å². The molecule has 1 fully saturated rings. The van der Waals surface area contributed by atoms with Crippen molar-refractivity contribution in [2.75, 3.05) is 18.4 Å². The van der Waals surface area contributed by atoms with Crippen molar-refractivity contribution < 1.29 is 18.0 Å². The maximum absolute atomic E-state index is 12.5. The number of rotatable bonds is 5. The van der Waals surface area contributed by atoms with Gasteiger partial charge in [-0.25, -0.2) is 8.42 Å². The molecule has 29 heavy (non-hydrogen) atoms. The fourth-order valence-electron chi connectivity index (χ4n) is 2.93. The molecule has 0 bridgehead atoms. The van der Waals surface area contributed by atoms with Gasteiger partial charge in [-0.05, 0) is 48.7 Å². The predicted octanol–water partition coefficient (Wildman–Crippen LogP) is 3.03. The lowest BCUT2D eigenvalue weighted by molar-refractivity contribution is -0.136. The summed E-state index contributed by atoms with van der Waals surface area (Å²) in [5, 5.41) is 5.56. The number of hydrogen-bond donors (Lipinski definition) is 2. The Balaban J connectivity index is 1.56. The zero-order chi connectivity index (χ0) is 21.0. The van der Waals surface area contributed by atoms with Gasteiger partial charge in [0.2, 0.25) is 10.0 Å². The third-order valence-electron chi connectivity index (χ3n) is 4.41. The van der Waals surface area contributed by atoms with Gasteiger partial charge in [-0.3, -0.25) is 9.59 Å². The average molecular weight is 456 g/mol. The molecule has 2 aromatic carbocycles. The molecule has 0 atom stereocenters. The number of nitrogens with zero attached hydrogens (tertiary/aromatic N) is 1. The quantitative estimate of drug-likeness (QED) is 0.677. The summed E-state index contributed by atoms with van der Waals surface area (Å²) in [5.74, 6) is -1.70. The van der Waals surface area contributed by atoms with Crippen LogP contribution in [0.2, 0.25) is 10.0 Å². The van der Waals surface area contributed by atoms with E-state index in [1.54, 1.807) is 12.1 Å². The Labute approximate surface area is 179 Å². The van der Waals surface area contributed by atoms with Crippen LogP contribution in [0.15, 0.2) is 47.4 Å². The average Bonchev–Trinajstić information content (AvgIpc) is 3.21. The molecule has 154 valence electrons. The van der Waals surface area contributed by atoms with Crippen molar-refractivity contribution in [1.29, 1.82) is 0 Å². The monoisotopic (exact) mass is 455 g/mol. The highest BCUT2D eigenvalue weighted by Crippen LogP contribution is 2.23. The number of hydrogen-bond acceptors (Lipinski definition) is 4. The van der Waals surface area contributed by atoms with Gasteiger partial charge in [0.1, 0.15) is 0 Å². The van der Waals surface area contributed by atoms with Crippen LogP contribution in [-0.2, 0) is 26.2 Å². The molecular formula is C19H19Cl2N3O4S. The number of benzene rings is 2. The van der Waals surface area contributed by atoms with E-state index in [0.717, 1.165) is 12.8 Å². The first kappa shape index (κ1) is 21.6. The molecule has 0 aliphatic carbocycles. The van der Waals surface area contributed by atoms with E-state index in [1.807, 2.05) is 0 Å². The number of amides is 2. The molecule has 0 unspecified atom stereocenters. The Morgan fingerprint density at radius 3 is 2.10 bits per heavy atom. The number of carbonyl (C=O) groups excluding carboxylic acids is 2. The lowest BCUT2D eigenvalue weighted by Gasteiger charge is -2.15. The summed E-state index contributed by atoms with van der Waals surface area (Å²) < 4.78 is 26.5. The van der Waals surface area contributed by atoms with Crippen molar-refractivity contribution >= 4 is 50.7 Å². The third kappa shape index (κ3) is 5.48. The first-order valence-electron chi connectivity index (χ1n) is 8.90. The minimum absolute atomic E-state index is 0.0760. The highest BCUT2D eigenvalue weighted by molar-refractivity contribution is 7.89. The summed E-state index contributed by atoms with van der Waals surface area (Å²) in [5.41, 5.74) is 0.969. The first-order valence-corrected chi connectivity index (χ1v) is 11.1. The van der Waals surface area contributed by atoms with Crippen LogP contribution < -0.4 is 10.6 Å². The number of sulfonamides is 1. The second-order valence-electron chi connectivity index (χ2n) is 6.55. The SMILES string of the molecule is O=C(NCc1ccc(S(=O)(=O)N2CCCC2)cc1)C(=O)Nc1cc(Cl)cc(Cl)c1. The van der Waals surface area contributed by atoms with Crippen molar-refractivity contribution in [3.63, 3.8) is 0 Å². The Hall–Kier alpha value is -2.13. The van der Waals surface area contributed by atoms with Crippen LogP contribution in [0.25, 0.3) is 0 Å². The number of anilines is 1. The van der Waals surface area contributed by atoms with Crippen LogP contribution in [0.1, 0.15) is 18.4 Å². The van der Waals surface area contributed by atoms with Gasteiger partial charge >= 0.3 is 11.8 Å². The van der Waals surface area contributed by atoms with Crippen molar-refractivity contribution in [2.45, 2.75) is 24.3 Å². The molecule has 1 aliphatic rings. The molecule has 3 rings (SSSR count). The topological polar surface area (TPSA) is 95.6 Å². The van der Waals surface area contributed by atoms with Gasteiger partial charge in [0.05, 0.1) is 4.90 Å². The minimum Gasteiger partial charge on any atom is -0.344 e. The molecule has 0 aromatic heterocycles. The smallest absolute Gasteiger partial charge is 0.313 e. The van der Waals surface area contributed by atoms with E-state index in [0.29, 0.717) is 34.4 Å². The van der Waals surface area contributed by atoms with Gasteiger partial charge in [-0.15, -0.1) is 0 Å². The van der Waals surface area contributed by atoms with Crippen LogP contribution in [0.4, 0.5) is 5.69 Å². The summed E-state index contributed by atoms with van der Waals surface area (Å²) in [6.07, 6.45) is 1.74. The lowest BCUT2D eigenvalue weighted by Crippen LogP contribution is -2.35. The van der Waals surface area contributed by atoms with E-state index >= 15 is 0 Å². The van der Waals surface area contributed by atoms with E-state index in [9.17, 15) is 18.0 Å². The zero-order valence-electron chi connectivity index (χ0n) is 15.3. The predicted molar refractivity (Wildman–Crippen MR) is 111 cm³/mol. The molecule has 1 aliphatic heterocycles. The molecular weight excluding hydrogens is 437 g/mol. The van der Waals surface area contributed by atoms with Crippen LogP contribution in [-0.4, -0.2) is 37.6 Å². The fraction of sp³-hybridized carbons (Fsp3) is 0.263. The summed E-state index contributed by atoms with van der Waals surface area (Å²) >= 11 is 11.7. The van der Waals surface area contributed by atoms with E-state index in [-0.39, 0.29) is 11.4 Å².